The molecule has 5 heteroatoms. The molecule has 0 spiro atoms. The highest BCUT2D eigenvalue weighted by Crippen LogP contribution is 2.21. The van der Waals surface area contributed by atoms with E-state index in [0.29, 0.717) is 5.02 Å². The van der Waals surface area contributed by atoms with Crippen LogP contribution in [0.2, 0.25) is 5.02 Å². The molecule has 0 bridgehead atoms. The van der Waals surface area contributed by atoms with Gasteiger partial charge in [-0.25, -0.2) is 4.98 Å². The number of benzene rings is 1. The quantitative estimate of drug-likeness (QED) is 0.800. The number of aromatic amines is 1. The molecule has 68 valence electrons. The Morgan fingerprint density at radius 1 is 1.54 bits per heavy atom. The number of nitrogens with zero attached hydrogens (tertiary/aromatic N) is 2. The molecule has 1 heterocycles. The molecule has 1 aromatic carbocycles. The third-order valence-corrected chi connectivity index (χ3v) is 2.30. The van der Waals surface area contributed by atoms with E-state index >= 15 is 0 Å². The van der Waals surface area contributed by atoms with Gasteiger partial charge in [0, 0.05) is 12.1 Å². The van der Waals surface area contributed by atoms with Crippen molar-refractivity contribution in [1.29, 1.82) is 0 Å². The summed E-state index contributed by atoms with van der Waals surface area (Å²) in [5, 5.41) is 0.697. The van der Waals surface area contributed by atoms with Gasteiger partial charge in [0.05, 0.1) is 27.2 Å². The van der Waals surface area contributed by atoms with E-state index in [9.17, 15) is 0 Å². The Hall–Kier alpha value is -0.740. The van der Waals surface area contributed by atoms with E-state index < -0.39 is 0 Å². The number of halogens is 2. The Labute approximate surface area is 89.0 Å². The van der Waals surface area contributed by atoms with E-state index in [1.165, 1.54) is 0 Å². The van der Waals surface area contributed by atoms with Gasteiger partial charge in [0.15, 0.2) is 0 Å². The molecule has 0 radical (unpaired) electrons. The number of imidazole rings is 1. The molecule has 13 heavy (non-hydrogen) atoms. The minimum Gasteiger partial charge on any atom is -0.323 e. The van der Waals surface area contributed by atoms with Crippen LogP contribution in [0.15, 0.2) is 18.2 Å². The van der Waals surface area contributed by atoms with Gasteiger partial charge in [0.2, 0.25) is 5.95 Å². The minimum absolute atomic E-state index is 0.697. The van der Waals surface area contributed by atoms with Crippen molar-refractivity contribution in [3.63, 3.8) is 0 Å². The van der Waals surface area contributed by atoms with Gasteiger partial charge in [-0.15, -0.1) is 0 Å². The topological polar surface area (TPSA) is 31.9 Å². The molecule has 0 saturated carbocycles. The molecular formula is C8H7BrClN3. The van der Waals surface area contributed by atoms with Gasteiger partial charge in [-0.3, -0.25) is 3.93 Å². The predicted molar refractivity (Wildman–Crippen MR) is 58.4 cm³/mol. The highest BCUT2D eigenvalue weighted by Gasteiger charge is 2.04. The van der Waals surface area contributed by atoms with Crippen molar-refractivity contribution < 1.29 is 0 Å². The molecule has 0 unspecified atom stereocenters. The highest BCUT2D eigenvalue weighted by molar-refractivity contribution is 9.10. The maximum Gasteiger partial charge on any atom is 0.213 e. The molecule has 1 N–H and O–H groups in total. The van der Waals surface area contributed by atoms with Crippen LogP contribution in [0.1, 0.15) is 0 Å². The monoisotopic (exact) mass is 259 g/mol. The SMILES string of the molecule is CN(Br)c1nc2cc(Cl)ccc2[nH]1. The highest BCUT2D eigenvalue weighted by atomic mass is 79.9. The molecule has 1 aromatic heterocycles. The first-order chi connectivity index (χ1) is 6.16. The summed E-state index contributed by atoms with van der Waals surface area (Å²) in [6.45, 7) is 0. The molecular weight excluding hydrogens is 253 g/mol. The van der Waals surface area contributed by atoms with E-state index in [1.807, 2.05) is 25.2 Å². The molecule has 0 amide bonds. The van der Waals surface area contributed by atoms with Crippen LogP contribution in [0.3, 0.4) is 0 Å². The Morgan fingerprint density at radius 3 is 3.00 bits per heavy atom. The average molecular weight is 261 g/mol. The molecule has 0 saturated heterocycles. The van der Waals surface area contributed by atoms with Crippen LogP contribution in [-0.4, -0.2) is 17.0 Å². The molecule has 0 aliphatic rings. The zero-order valence-electron chi connectivity index (χ0n) is 6.88. The van der Waals surface area contributed by atoms with Crippen molar-refractivity contribution in [2.24, 2.45) is 0 Å². The van der Waals surface area contributed by atoms with Gasteiger partial charge in [0.1, 0.15) is 0 Å². The third-order valence-electron chi connectivity index (χ3n) is 1.72. The van der Waals surface area contributed by atoms with E-state index in [1.54, 1.807) is 3.93 Å². The van der Waals surface area contributed by atoms with Crippen LogP contribution in [0.5, 0.6) is 0 Å². The lowest BCUT2D eigenvalue weighted by molar-refractivity contribution is 1.21. The number of hydrogen-bond donors (Lipinski definition) is 1. The first-order valence-corrected chi connectivity index (χ1v) is 4.80. The summed E-state index contributed by atoms with van der Waals surface area (Å²) in [4.78, 5) is 7.44. The smallest absolute Gasteiger partial charge is 0.213 e. The van der Waals surface area contributed by atoms with Crippen LogP contribution < -0.4 is 3.93 Å². The van der Waals surface area contributed by atoms with E-state index in [-0.39, 0.29) is 0 Å². The largest absolute Gasteiger partial charge is 0.323 e. The van der Waals surface area contributed by atoms with Gasteiger partial charge < -0.3 is 4.98 Å². The maximum absolute atomic E-state index is 5.83. The number of hydrogen-bond acceptors (Lipinski definition) is 2. The standard InChI is InChI=1S/C8H7BrClN3/c1-13(9)8-11-6-3-2-5(10)4-7(6)12-8/h2-4H,1H3,(H,11,12). The molecule has 2 rings (SSSR count). The first kappa shape index (κ1) is 8.84. The minimum atomic E-state index is 0.697. The Kier molecular flexibility index (Phi) is 2.17. The number of aromatic nitrogens is 2. The van der Waals surface area contributed by atoms with Crippen LogP contribution in [0, 0.1) is 0 Å². The summed E-state index contributed by atoms with van der Waals surface area (Å²) < 4.78 is 1.74. The normalized spacial score (nSPS) is 10.7. The zero-order valence-corrected chi connectivity index (χ0v) is 9.22. The van der Waals surface area contributed by atoms with E-state index in [2.05, 4.69) is 26.1 Å². The van der Waals surface area contributed by atoms with Crippen LogP contribution in [-0.2, 0) is 0 Å². The number of nitrogens with one attached hydrogen (secondary N) is 1. The second kappa shape index (κ2) is 3.20. The zero-order chi connectivity index (χ0) is 9.42. The van der Waals surface area contributed by atoms with Crippen LogP contribution >= 0.6 is 27.7 Å². The third kappa shape index (κ3) is 1.64. The maximum atomic E-state index is 5.83. The van der Waals surface area contributed by atoms with Crippen molar-refractivity contribution in [3.05, 3.63) is 23.2 Å². The fourth-order valence-corrected chi connectivity index (χ4v) is 1.45. The number of rotatable bonds is 1. The number of anilines is 1. The summed E-state index contributed by atoms with van der Waals surface area (Å²) >= 11 is 9.11. The fraction of sp³-hybridized carbons (Fsp3) is 0.125. The molecule has 2 aromatic rings. The molecule has 0 fully saturated rings. The van der Waals surface area contributed by atoms with Crippen molar-refractivity contribution in [3.8, 4) is 0 Å². The van der Waals surface area contributed by atoms with Crippen LogP contribution in [0.25, 0.3) is 11.0 Å². The number of fused-ring (bicyclic) bond motifs is 1. The number of H-pyrrole nitrogens is 1. The van der Waals surface area contributed by atoms with Crippen molar-refractivity contribution >= 4 is 44.7 Å². The summed E-state index contributed by atoms with van der Waals surface area (Å²) in [6, 6.07) is 5.57. The van der Waals surface area contributed by atoms with Crippen molar-refractivity contribution in [2.45, 2.75) is 0 Å². The van der Waals surface area contributed by atoms with E-state index in [4.69, 9.17) is 11.6 Å². The second-order valence-electron chi connectivity index (χ2n) is 2.70. The van der Waals surface area contributed by atoms with Crippen molar-refractivity contribution in [2.75, 3.05) is 11.0 Å². The van der Waals surface area contributed by atoms with Gasteiger partial charge >= 0.3 is 0 Å². The summed E-state index contributed by atoms with van der Waals surface area (Å²) in [6.07, 6.45) is 0. The first-order valence-electron chi connectivity index (χ1n) is 3.71. The summed E-state index contributed by atoms with van der Waals surface area (Å²) in [5.74, 6) is 0.761. The Balaban J connectivity index is 2.62. The summed E-state index contributed by atoms with van der Waals surface area (Å²) in [7, 11) is 1.86. The lowest BCUT2D eigenvalue weighted by Crippen LogP contribution is -2.00. The van der Waals surface area contributed by atoms with Gasteiger partial charge in [-0.1, -0.05) is 11.6 Å². The molecule has 3 nitrogen and oxygen atoms in total. The Morgan fingerprint density at radius 2 is 2.31 bits per heavy atom. The van der Waals surface area contributed by atoms with Gasteiger partial charge in [-0.2, -0.15) is 0 Å². The molecule has 0 aliphatic carbocycles. The fourth-order valence-electron chi connectivity index (χ4n) is 1.11. The predicted octanol–water partition coefficient (Wildman–Crippen LogP) is 2.96. The second-order valence-corrected chi connectivity index (χ2v) is 4.20. The Bertz CT molecular complexity index is 438. The molecule has 0 atom stereocenters. The average Bonchev–Trinajstić information content (AvgIpc) is 2.46. The molecule has 0 aliphatic heterocycles. The van der Waals surface area contributed by atoms with E-state index in [0.717, 1.165) is 17.0 Å². The van der Waals surface area contributed by atoms with Gasteiger partial charge in [-0.05, 0) is 18.2 Å². The lowest BCUT2D eigenvalue weighted by atomic mass is 10.3. The van der Waals surface area contributed by atoms with Crippen LogP contribution in [0.4, 0.5) is 5.95 Å². The van der Waals surface area contributed by atoms with Gasteiger partial charge in [0.25, 0.3) is 0 Å². The van der Waals surface area contributed by atoms with Crippen molar-refractivity contribution in [1.82, 2.24) is 9.97 Å². The lowest BCUT2D eigenvalue weighted by Gasteiger charge is -2.01. The summed E-state index contributed by atoms with van der Waals surface area (Å²) in [5.41, 5.74) is 1.85.